The summed E-state index contributed by atoms with van der Waals surface area (Å²) in [6.07, 6.45) is 1.25. The van der Waals surface area contributed by atoms with E-state index in [0.29, 0.717) is 0 Å². The van der Waals surface area contributed by atoms with Crippen LogP contribution in [0.25, 0.3) is 0 Å². The molecule has 0 aromatic carbocycles. The Hall–Kier alpha value is -1.16. The second-order valence-electron chi connectivity index (χ2n) is 3.68. The molecule has 0 unspecified atom stereocenters. The van der Waals surface area contributed by atoms with E-state index < -0.39 is 54.6 Å². The molecule has 0 aliphatic rings. The number of hydrogen-bond donors (Lipinski definition) is 2. The fourth-order valence-electron chi connectivity index (χ4n) is 0.775. The Bertz CT molecular complexity index is 442. The van der Waals surface area contributed by atoms with E-state index in [9.17, 15) is 26.4 Å². The van der Waals surface area contributed by atoms with E-state index in [1.807, 2.05) is 0 Å². The van der Waals surface area contributed by atoms with Gasteiger partial charge in [-0.1, -0.05) is 20.3 Å². The second kappa shape index (κ2) is 8.86. The number of sulfone groups is 2. The van der Waals surface area contributed by atoms with Crippen molar-refractivity contribution in [3.63, 3.8) is 0 Å². The van der Waals surface area contributed by atoms with Gasteiger partial charge in [0.25, 0.3) is 0 Å². The fourth-order valence-corrected chi connectivity index (χ4v) is 3.85. The quantitative estimate of drug-likeness (QED) is 0.633. The molecule has 0 bridgehead atoms. The summed E-state index contributed by atoms with van der Waals surface area (Å²) in [5.41, 5.74) is 0. The molecule has 0 fully saturated rings. The van der Waals surface area contributed by atoms with E-state index in [0.717, 1.165) is 0 Å². The third-order valence-electron chi connectivity index (χ3n) is 1.39. The van der Waals surface area contributed by atoms with E-state index in [-0.39, 0.29) is 0 Å². The molecule has 19 heavy (non-hydrogen) atoms. The Morgan fingerprint density at radius 3 is 1.16 bits per heavy atom. The zero-order chi connectivity index (χ0) is 15.7. The van der Waals surface area contributed by atoms with Crippen molar-refractivity contribution in [1.29, 1.82) is 0 Å². The standard InChI is InChI=1S/C6H10O8S2.C3H8/c7-5(8)3-15(11,12)1-2-16(13,14)4-6(9)10;1-3-2/h1-4H2,(H,7,8)(H,9,10);3H2,1-2H3. The van der Waals surface area contributed by atoms with Crippen molar-refractivity contribution in [2.75, 3.05) is 23.0 Å². The van der Waals surface area contributed by atoms with E-state index in [1.54, 1.807) is 0 Å². The first-order valence-corrected chi connectivity index (χ1v) is 8.94. The Kier molecular flexibility index (Phi) is 9.40. The van der Waals surface area contributed by atoms with E-state index in [1.165, 1.54) is 6.42 Å². The summed E-state index contributed by atoms with van der Waals surface area (Å²) in [6, 6.07) is 0. The third-order valence-corrected chi connectivity index (χ3v) is 4.68. The zero-order valence-corrected chi connectivity index (χ0v) is 12.3. The summed E-state index contributed by atoms with van der Waals surface area (Å²) < 4.78 is 43.9. The van der Waals surface area contributed by atoms with Crippen LogP contribution >= 0.6 is 0 Å². The fraction of sp³-hybridized carbons (Fsp3) is 0.778. The maximum atomic E-state index is 11.0. The number of aliphatic carboxylic acids is 2. The lowest BCUT2D eigenvalue weighted by atomic mass is 10.6. The highest BCUT2D eigenvalue weighted by Gasteiger charge is 2.22. The van der Waals surface area contributed by atoms with Gasteiger partial charge in [0.05, 0.1) is 11.5 Å². The van der Waals surface area contributed by atoms with Crippen molar-refractivity contribution in [2.24, 2.45) is 0 Å². The van der Waals surface area contributed by atoms with Crippen LogP contribution < -0.4 is 0 Å². The van der Waals surface area contributed by atoms with Gasteiger partial charge in [-0.25, -0.2) is 16.8 Å². The molecule has 0 aliphatic carbocycles. The number of rotatable bonds is 7. The van der Waals surface area contributed by atoms with Gasteiger partial charge < -0.3 is 10.2 Å². The number of hydrogen-bond acceptors (Lipinski definition) is 6. The molecule has 0 saturated carbocycles. The van der Waals surface area contributed by atoms with Crippen LogP contribution in [-0.2, 0) is 29.3 Å². The lowest BCUT2D eigenvalue weighted by Crippen LogP contribution is -2.26. The molecule has 0 amide bonds. The van der Waals surface area contributed by atoms with Crippen LogP contribution in [0.3, 0.4) is 0 Å². The molecule has 8 nitrogen and oxygen atoms in total. The average Bonchev–Trinajstić information content (AvgIpc) is 2.12. The predicted octanol–water partition coefficient (Wildman–Crippen LogP) is -0.598. The number of carboxylic acids is 2. The zero-order valence-electron chi connectivity index (χ0n) is 10.7. The normalized spacial score (nSPS) is 11.3. The van der Waals surface area contributed by atoms with Crippen LogP contribution in [-0.4, -0.2) is 62.0 Å². The topological polar surface area (TPSA) is 143 Å². The minimum Gasteiger partial charge on any atom is -0.480 e. The monoisotopic (exact) mass is 318 g/mol. The molecule has 0 radical (unpaired) electrons. The van der Waals surface area contributed by atoms with Crippen LogP contribution in [0.2, 0.25) is 0 Å². The maximum absolute atomic E-state index is 11.0. The van der Waals surface area contributed by atoms with Gasteiger partial charge in [0.15, 0.2) is 19.7 Å². The SMILES string of the molecule is CCC.O=C(O)CS(=O)(=O)CCS(=O)(=O)CC(=O)O. The minimum absolute atomic E-state index is 0.894. The van der Waals surface area contributed by atoms with E-state index >= 15 is 0 Å². The molecule has 2 N–H and O–H groups in total. The Labute approximate surface area is 112 Å². The van der Waals surface area contributed by atoms with E-state index in [4.69, 9.17) is 10.2 Å². The summed E-state index contributed by atoms with van der Waals surface area (Å²) in [5.74, 6) is -7.30. The van der Waals surface area contributed by atoms with Crippen molar-refractivity contribution in [3.8, 4) is 0 Å². The molecule has 0 aliphatic heterocycles. The molecule has 10 heteroatoms. The molecule has 0 rings (SSSR count). The molecule has 114 valence electrons. The van der Waals surface area contributed by atoms with Gasteiger partial charge in [0.1, 0.15) is 11.5 Å². The first-order valence-electron chi connectivity index (χ1n) is 5.30. The first kappa shape index (κ1) is 20.2. The third kappa shape index (κ3) is 14.8. The summed E-state index contributed by atoms with van der Waals surface area (Å²) in [7, 11) is -8.04. The van der Waals surface area contributed by atoms with E-state index in [2.05, 4.69) is 13.8 Å². The largest absolute Gasteiger partial charge is 0.480 e. The van der Waals surface area contributed by atoms with Gasteiger partial charge in [-0.2, -0.15) is 0 Å². The van der Waals surface area contributed by atoms with Crippen molar-refractivity contribution < 1.29 is 36.6 Å². The van der Waals surface area contributed by atoms with Gasteiger partial charge >= 0.3 is 11.9 Å². The number of carbonyl (C=O) groups is 2. The first-order chi connectivity index (χ1) is 8.45. The van der Waals surface area contributed by atoms with Gasteiger partial charge in [-0.05, 0) is 0 Å². The van der Waals surface area contributed by atoms with Gasteiger partial charge in [-0.3, -0.25) is 9.59 Å². The summed E-state index contributed by atoms with van der Waals surface area (Å²) >= 11 is 0. The van der Waals surface area contributed by atoms with Crippen molar-refractivity contribution in [1.82, 2.24) is 0 Å². The molecule has 0 heterocycles. The highest BCUT2D eigenvalue weighted by Crippen LogP contribution is 1.96. The van der Waals surface area contributed by atoms with Crippen molar-refractivity contribution in [2.45, 2.75) is 20.3 Å². The molecule has 0 aromatic rings. The van der Waals surface area contributed by atoms with Gasteiger partial charge in [0, 0.05) is 0 Å². The smallest absolute Gasteiger partial charge is 0.318 e. The average molecular weight is 318 g/mol. The Balaban J connectivity index is 0. The van der Waals surface area contributed by atoms with Crippen LogP contribution in [0.15, 0.2) is 0 Å². The molecular formula is C9H18O8S2. The summed E-state index contributed by atoms with van der Waals surface area (Å²) in [4.78, 5) is 20.2. The van der Waals surface area contributed by atoms with Crippen LogP contribution in [0.5, 0.6) is 0 Å². The Morgan fingerprint density at radius 2 is 1.00 bits per heavy atom. The van der Waals surface area contributed by atoms with Gasteiger partial charge in [0.2, 0.25) is 0 Å². The molecule has 0 atom stereocenters. The second-order valence-corrected chi connectivity index (χ2v) is 8.05. The predicted molar refractivity (Wildman–Crippen MR) is 68.5 cm³/mol. The summed E-state index contributed by atoms with van der Waals surface area (Å²) in [6.45, 7) is 4.25. The highest BCUT2D eigenvalue weighted by atomic mass is 32.2. The molecular weight excluding hydrogens is 300 g/mol. The number of carboxylic acid groups (broad SMARTS) is 2. The lowest BCUT2D eigenvalue weighted by Gasteiger charge is -2.01. The Morgan fingerprint density at radius 1 is 0.789 bits per heavy atom. The van der Waals surface area contributed by atoms with Crippen molar-refractivity contribution in [3.05, 3.63) is 0 Å². The molecule has 0 spiro atoms. The van der Waals surface area contributed by atoms with Crippen LogP contribution in [0.1, 0.15) is 20.3 Å². The lowest BCUT2D eigenvalue weighted by molar-refractivity contribution is -0.135. The highest BCUT2D eigenvalue weighted by molar-refractivity contribution is 7.95. The molecule has 0 saturated heterocycles. The minimum atomic E-state index is -4.02. The van der Waals surface area contributed by atoms with Crippen molar-refractivity contribution >= 4 is 31.6 Å². The van der Waals surface area contributed by atoms with Crippen LogP contribution in [0, 0.1) is 0 Å². The maximum Gasteiger partial charge on any atom is 0.318 e. The van der Waals surface area contributed by atoms with Crippen LogP contribution in [0.4, 0.5) is 0 Å². The van der Waals surface area contributed by atoms with Gasteiger partial charge in [-0.15, -0.1) is 0 Å². The molecule has 0 aromatic heterocycles. The summed E-state index contributed by atoms with van der Waals surface area (Å²) in [5, 5.41) is 16.4.